The molecule has 1 aliphatic heterocycles. The van der Waals surface area contributed by atoms with Crippen LogP contribution >= 0.6 is 15.9 Å². The van der Waals surface area contributed by atoms with Gasteiger partial charge in [-0.3, -0.25) is 14.4 Å². The SMILES string of the molecule is O=C(Cn1nc(C(F)(F)F)c(Br)c1C1CC1)N1CCN(Cc2ccccc2F)CC1. The molecule has 30 heavy (non-hydrogen) atoms. The van der Waals surface area contributed by atoms with Gasteiger partial charge in [0.05, 0.1) is 10.2 Å². The fourth-order valence-electron chi connectivity index (χ4n) is 3.75. The van der Waals surface area contributed by atoms with Crippen molar-refractivity contribution in [3.05, 3.63) is 51.5 Å². The van der Waals surface area contributed by atoms with Crippen LogP contribution in [-0.2, 0) is 24.1 Å². The molecule has 1 aromatic carbocycles. The van der Waals surface area contributed by atoms with E-state index < -0.39 is 11.9 Å². The number of benzene rings is 1. The number of aromatic nitrogens is 2. The molecule has 1 amide bonds. The van der Waals surface area contributed by atoms with Crippen molar-refractivity contribution < 1.29 is 22.4 Å². The number of halogens is 5. The molecule has 2 aromatic rings. The lowest BCUT2D eigenvalue weighted by Crippen LogP contribution is -2.49. The summed E-state index contributed by atoms with van der Waals surface area (Å²) in [6.07, 6.45) is -2.98. The van der Waals surface area contributed by atoms with E-state index in [1.54, 1.807) is 23.1 Å². The van der Waals surface area contributed by atoms with Crippen LogP contribution in [0.1, 0.15) is 35.7 Å². The number of hydrogen-bond acceptors (Lipinski definition) is 3. The largest absolute Gasteiger partial charge is 0.436 e. The van der Waals surface area contributed by atoms with Crippen LogP contribution < -0.4 is 0 Å². The van der Waals surface area contributed by atoms with Gasteiger partial charge in [-0.15, -0.1) is 0 Å². The first-order valence-electron chi connectivity index (χ1n) is 9.81. The van der Waals surface area contributed by atoms with E-state index in [1.807, 2.05) is 0 Å². The van der Waals surface area contributed by atoms with Crippen LogP contribution in [-0.4, -0.2) is 51.7 Å². The second kappa shape index (κ2) is 8.30. The van der Waals surface area contributed by atoms with Crippen LogP contribution in [0.3, 0.4) is 0 Å². The predicted octanol–water partition coefficient (Wildman–Crippen LogP) is 4.03. The van der Waals surface area contributed by atoms with Crippen LogP contribution in [0, 0.1) is 5.82 Å². The highest BCUT2D eigenvalue weighted by molar-refractivity contribution is 9.10. The molecular weight excluding hydrogens is 468 g/mol. The number of rotatable bonds is 5. The van der Waals surface area contributed by atoms with Crippen LogP contribution in [0.15, 0.2) is 28.7 Å². The highest BCUT2D eigenvalue weighted by atomic mass is 79.9. The zero-order valence-electron chi connectivity index (χ0n) is 16.1. The number of nitrogens with zero attached hydrogens (tertiary/aromatic N) is 4. The molecule has 0 spiro atoms. The van der Waals surface area contributed by atoms with Crippen molar-refractivity contribution in [2.45, 2.75) is 38.0 Å². The van der Waals surface area contributed by atoms with Gasteiger partial charge in [-0.2, -0.15) is 18.3 Å². The molecule has 2 fully saturated rings. The molecule has 0 unspecified atom stereocenters. The summed E-state index contributed by atoms with van der Waals surface area (Å²) in [7, 11) is 0. The normalized spacial score (nSPS) is 18.1. The van der Waals surface area contributed by atoms with Gasteiger partial charge < -0.3 is 4.90 Å². The number of hydrogen-bond donors (Lipinski definition) is 0. The van der Waals surface area contributed by atoms with E-state index in [-0.39, 0.29) is 28.7 Å². The third-order valence-electron chi connectivity index (χ3n) is 5.53. The Hall–Kier alpha value is -1.94. The van der Waals surface area contributed by atoms with Crippen molar-refractivity contribution in [2.75, 3.05) is 26.2 Å². The van der Waals surface area contributed by atoms with Gasteiger partial charge in [0.2, 0.25) is 5.91 Å². The second-order valence-corrected chi connectivity index (χ2v) is 8.52. The van der Waals surface area contributed by atoms with Crippen molar-refractivity contribution in [1.82, 2.24) is 19.6 Å². The summed E-state index contributed by atoms with van der Waals surface area (Å²) in [5.74, 6) is -0.507. The molecule has 2 heterocycles. The first-order chi connectivity index (χ1) is 14.2. The van der Waals surface area contributed by atoms with Crippen molar-refractivity contribution >= 4 is 21.8 Å². The Kier molecular flexibility index (Phi) is 5.89. The molecule has 162 valence electrons. The van der Waals surface area contributed by atoms with Gasteiger partial charge in [-0.05, 0) is 34.8 Å². The molecule has 4 rings (SSSR count). The van der Waals surface area contributed by atoms with Gasteiger partial charge in [-0.25, -0.2) is 4.39 Å². The minimum Gasteiger partial charge on any atom is -0.339 e. The number of piperazine rings is 1. The van der Waals surface area contributed by atoms with Crippen LogP contribution in [0.4, 0.5) is 17.6 Å². The maximum Gasteiger partial charge on any atom is 0.436 e. The van der Waals surface area contributed by atoms with E-state index in [0.29, 0.717) is 44.0 Å². The molecule has 1 aromatic heterocycles. The Bertz CT molecular complexity index is 933. The number of amides is 1. The lowest BCUT2D eigenvalue weighted by atomic mass is 10.2. The van der Waals surface area contributed by atoms with Crippen molar-refractivity contribution in [3.63, 3.8) is 0 Å². The molecule has 1 saturated carbocycles. The van der Waals surface area contributed by atoms with Gasteiger partial charge in [0.15, 0.2) is 5.69 Å². The molecule has 1 saturated heterocycles. The van der Waals surface area contributed by atoms with Gasteiger partial charge in [-0.1, -0.05) is 18.2 Å². The third kappa shape index (κ3) is 4.54. The van der Waals surface area contributed by atoms with Gasteiger partial charge in [0.25, 0.3) is 0 Å². The first-order valence-corrected chi connectivity index (χ1v) is 10.6. The Morgan fingerprint density at radius 2 is 1.80 bits per heavy atom. The Balaban J connectivity index is 1.39. The maximum absolute atomic E-state index is 13.8. The van der Waals surface area contributed by atoms with Crippen LogP contribution in [0.25, 0.3) is 0 Å². The standard InChI is InChI=1S/C20H21BrF4N4O/c21-17-18(13-5-6-13)29(26-19(17)20(23,24)25)12-16(30)28-9-7-27(8-10-28)11-14-3-1-2-4-15(14)22/h1-4,13H,5-12H2. The average Bonchev–Trinajstić information content (AvgIpc) is 3.47. The highest BCUT2D eigenvalue weighted by Gasteiger charge is 2.42. The lowest BCUT2D eigenvalue weighted by Gasteiger charge is -2.34. The summed E-state index contributed by atoms with van der Waals surface area (Å²) < 4.78 is 54.7. The minimum atomic E-state index is -4.57. The molecule has 1 aliphatic carbocycles. The zero-order valence-corrected chi connectivity index (χ0v) is 17.7. The first kappa shape index (κ1) is 21.3. The quantitative estimate of drug-likeness (QED) is 0.596. The fourth-order valence-corrected chi connectivity index (χ4v) is 4.59. The summed E-state index contributed by atoms with van der Waals surface area (Å²) >= 11 is 3.04. The summed E-state index contributed by atoms with van der Waals surface area (Å²) in [4.78, 5) is 16.4. The van der Waals surface area contributed by atoms with Crippen molar-refractivity contribution in [1.29, 1.82) is 0 Å². The topological polar surface area (TPSA) is 41.4 Å². The van der Waals surface area contributed by atoms with Gasteiger partial charge in [0, 0.05) is 44.2 Å². The second-order valence-electron chi connectivity index (χ2n) is 7.73. The monoisotopic (exact) mass is 488 g/mol. The Morgan fingerprint density at radius 3 is 2.40 bits per heavy atom. The molecule has 2 aliphatic rings. The predicted molar refractivity (Wildman–Crippen MR) is 105 cm³/mol. The number of carbonyl (C=O) groups excluding carboxylic acids is 1. The molecule has 10 heteroatoms. The molecule has 0 atom stereocenters. The van der Waals surface area contributed by atoms with E-state index >= 15 is 0 Å². The van der Waals surface area contributed by atoms with Crippen LogP contribution in [0.5, 0.6) is 0 Å². The van der Waals surface area contributed by atoms with Crippen LogP contribution in [0.2, 0.25) is 0 Å². The summed E-state index contributed by atoms with van der Waals surface area (Å²) in [5, 5.41) is 3.70. The summed E-state index contributed by atoms with van der Waals surface area (Å²) in [6.45, 7) is 2.29. The molecule has 0 bridgehead atoms. The summed E-state index contributed by atoms with van der Waals surface area (Å²) in [6, 6.07) is 6.58. The molecule has 0 N–H and O–H groups in total. The van der Waals surface area contributed by atoms with E-state index in [1.165, 1.54) is 10.7 Å². The number of alkyl halides is 3. The highest BCUT2D eigenvalue weighted by Crippen LogP contribution is 2.47. The number of carbonyl (C=O) groups is 1. The summed E-state index contributed by atoms with van der Waals surface area (Å²) in [5.41, 5.74) is 0.0770. The van der Waals surface area contributed by atoms with E-state index in [4.69, 9.17) is 0 Å². The van der Waals surface area contributed by atoms with Gasteiger partial charge in [0.1, 0.15) is 12.4 Å². The third-order valence-corrected chi connectivity index (χ3v) is 6.31. The smallest absolute Gasteiger partial charge is 0.339 e. The molecule has 5 nitrogen and oxygen atoms in total. The Labute approximate surface area is 179 Å². The maximum atomic E-state index is 13.8. The fraction of sp³-hybridized carbons (Fsp3) is 0.500. The van der Waals surface area contributed by atoms with Gasteiger partial charge >= 0.3 is 6.18 Å². The van der Waals surface area contributed by atoms with Crippen molar-refractivity contribution in [2.24, 2.45) is 0 Å². The molecule has 0 radical (unpaired) electrons. The Morgan fingerprint density at radius 1 is 1.13 bits per heavy atom. The van der Waals surface area contributed by atoms with E-state index in [9.17, 15) is 22.4 Å². The average molecular weight is 489 g/mol. The zero-order chi connectivity index (χ0) is 21.5. The van der Waals surface area contributed by atoms with Crippen molar-refractivity contribution in [3.8, 4) is 0 Å². The lowest BCUT2D eigenvalue weighted by molar-refractivity contribution is -0.142. The van der Waals surface area contributed by atoms with E-state index in [0.717, 1.165) is 12.8 Å². The van der Waals surface area contributed by atoms with E-state index in [2.05, 4.69) is 25.9 Å². The molecular formula is C20H21BrF4N4O. The minimum absolute atomic E-state index is 0.00777.